The van der Waals surface area contributed by atoms with E-state index in [1.807, 2.05) is 0 Å². The molecule has 1 heterocycles. The fraction of sp³-hybridized carbons (Fsp3) is 0.615. The second-order valence-electron chi connectivity index (χ2n) is 4.29. The second kappa shape index (κ2) is 5.85. The molecule has 0 unspecified atom stereocenters. The number of fused-ring (bicyclic) bond motifs is 1. The summed E-state index contributed by atoms with van der Waals surface area (Å²) in [6.07, 6.45) is 4.78. The zero-order valence-corrected chi connectivity index (χ0v) is 10.1. The molecule has 0 saturated carbocycles. The van der Waals surface area contributed by atoms with Crippen LogP contribution in [0.1, 0.15) is 31.0 Å². The first-order chi connectivity index (χ1) is 7.90. The number of aryl methyl sites for hydroxylation is 2. The smallest absolute Gasteiger partial charge is 0.126 e. The molecule has 0 aromatic carbocycles. The summed E-state index contributed by atoms with van der Waals surface area (Å²) >= 11 is 0. The van der Waals surface area contributed by atoms with E-state index in [0.717, 1.165) is 38.3 Å². The van der Waals surface area contributed by atoms with Gasteiger partial charge in [0.1, 0.15) is 5.82 Å². The number of pyridine rings is 1. The van der Waals surface area contributed by atoms with Crippen LogP contribution in [0.5, 0.6) is 0 Å². The SMILES string of the molecule is CCNCCCNc1ccc2c(n1)CCC2. The van der Waals surface area contributed by atoms with Gasteiger partial charge in [-0.2, -0.15) is 0 Å². The fourth-order valence-electron chi connectivity index (χ4n) is 2.13. The summed E-state index contributed by atoms with van der Waals surface area (Å²) in [6, 6.07) is 4.33. The Morgan fingerprint density at radius 1 is 1.25 bits per heavy atom. The molecular formula is C13H21N3. The Labute approximate surface area is 97.7 Å². The van der Waals surface area contributed by atoms with Crippen LogP contribution >= 0.6 is 0 Å². The number of rotatable bonds is 6. The predicted octanol–water partition coefficient (Wildman–Crippen LogP) is 1.98. The van der Waals surface area contributed by atoms with Crippen molar-refractivity contribution < 1.29 is 0 Å². The first-order valence-electron chi connectivity index (χ1n) is 6.33. The average Bonchev–Trinajstić information content (AvgIpc) is 2.76. The van der Waals surface area contributed by atoms with Gasteiger partial charge >= 0.3 is 0 Å². The van der Waals surface area contributed by atoms with Crippen LogP contribution in [0.2, 0.25) is 0 Å². The zero-order chi connectivity index (χ0) is 11.2. The summed E-state index contributed by atoms with van der Waals surface area (Å²) in [5, 5.41) is 6.70. The summed E-state index contributed by atoms with van der Waals surface area (Å²) in [6.45, 7) is 5.26. The van der Waals surface area contributed by atoms with Crippen molar-refractivity contribution in [1.82, 2.24) is 10.3 Å². The lowest BCUT2D eigenvalue weighted by Gasteiger charge is -2.07. The van der Waals surface area contributed by atoms with E-state index in [9.17, 15) is 0 Å². The van der Waals surface area contributed by atoms with E-state index in [-0.39, 0.29) is 0 Å². The minimum absolute atomic E-state index is 0.999. The molecule has 2 rings (SSSR count). The highest BCUT2D eigenvalue weighted by Gasteiger charge is 2.11. The van der Waals surface area contributed by atoms with Gasteiger partial charge in [-0.25, -0.2) is 4.98 Å². The topological polar surface area (TPSA) is 37.0 Å². The minimum atomic E-state index is 0.999. The zero-order valence-electron chi connectivity index (χ0n) is 10.1. The molecule has 0 spiro atoms. The van der Waals surface area contributed by atoms with E-state index in [4.69, 9.17) is 0 Å². The van der Waals surface area contributed by atoms with Crippen molar-refractivity contribution in [2.24, 2.45) is 0 Å². The van der Waals surface area contributed by atoms with Gasteiger partial charge in [0, 0.05) is 12.2 Å². The largest absolute Gasteiger partial charge is 0.370 e. The average molecular weight is 219 g/mol. The van der Waals surface area contributed by atoms with E-state index in [1.165, 1.54) is 24.1 Å². The van der Waals surface area contributed by atoms with Gasteiger partial charge in [-0.3, -0.25) is 0 Å². The summed E-state index contributed by atoms with van der Waals surface area (Å²) in [5.74, 6) is 1.04. The van der Waals surface area contributed by atoms with Crippen molar-refractivity contribution in [2.75, 3.05) is 25.0 Å². The van der Waals surface area contributed by atoms with Gasteiger partial charge in [-0.05, 0) is 50.4 Å². The molecule has 3 heteroatoms. The molecule has 2 N–H and O–H groups in total. The number of aromatic nitrogens is 1. The Kier molecular flexibility index (Phi) is 4.17. The third kappa shape index (κ3) is 2.95. The van der Waals surface area contributed by atoms with Crippen LogP contribution in [0.3, 0.4) is 0 Å². The fourth-order valence-corrected chi connectivity index (χ4v) is 2.13. The number of anilines is 1. The number of hydrogen-bond donors (Lipinski definition) is 2. The van der Waals surface area contributed by atoms with E-state index in [0.29, 0.717) is 0 Å². The van der Waals surface area contributed by atoms with E-state index >= 15 is 0 Å². The van der Waals surface area contributed by atoms with Crippen molar-refractivity contribution in [1.29, 1.82) is 0 Å². The Balaban J connectivity index is 1.77. The Hall–Kier alpha value is -1.09. The first kappa shape index (κ1) is 11.4. The lowest BCUT2D eigenvalue weighted by Crippen LogP contribution is -2.17. The Morgan fingerprint density at radius 3 is 3.06 bits per heavy atom. The van der Waals surface area contributed by atoms with Crippen LogP contribution in [0.15, 0.2) is 12.1 Å². The second-order valence-corrected chi connectivity index (χ2v) is 4.29. The summed E-state index contributed by atoms with van der Waals surface area (Å²) in [7, 11) is 0. The van der Waals surface area contributed by atoms with Gasteiger partial charge in [0.2, 0.25) is 0 Å². The maximum Gasteiger partial charge on any atom is 0.126 e. The highest BCUT2D eigenvalue weighted by Crippen LogP contribution is 2.21. The van der Waals surface area contributed by atoms with Gasteiger partial charge in [-0.15, -0.1) is 0 Å². The van der Waals surface area contributed by atoms with Crippen LogP contribution in [0.4, 0.5) is 5.82 Å². The molecule has 1 aromatic heterocycles. The molecule has 0 saturated heterocycles. The summed E-state index contributed by atoms with van der Waals surface area (Å²) < 4.78 is 0. The highest BCUT2D eigenvalue weighted by molar-refractivity contribution is 5.40. The quantitative estimate of drug-likeness (QED) is 0.718. The first-order valence-corrected chi connectivity index (χ1v) is 6.33. The number of hydrogen-bond acceptors (Lipinski definition) is 3. The van der Waals surface area contributed by atoms with Gasteiger partial charge in [-0.1, -0.05) is 13.0 Å². The van der Waals surface area contributed by atoms with Crippen LogP contribution in [-0.4, -0.2) is 24.6 Å². The van der Waals surface area contributed by atoms with Crippen molar-refractivity contribution in [2.45, 2.75) is 32.6 Å². The van der Waals surface area contributed by atoms with E-state index in [1.54, 1.807) is 0 Å². The predicted molar refractivity (Wildman–Crippen MR) is 67.9 cm³/mol. The van der Waals surface area contributed by atoms with Crippen LogP contribution in [-0.2, 0) is 12.8 Å². The number of nitrogens with one attached hydrogen (secondary N) is 2. The maximum atomic E-state index is 4.64. The van der Waals surface area contributed by atoms with Gasteiger partial charge in [0.15, 0.2) is 0 Å². The molecule has 0 aliphatic heterocycles. The molecule has 0 radical (unpaired) electrons. The Morgan fingerprint density at radius 2 is 2.19 bits per heavy atom. The van der Waals surface area contributed by atoms with Gasteiger partial charge in [0.25, 0.3) is 0 Å². The van der Waals surface area contributed by atoms with Gasteiger partial charge in [0.05, 0.1) is 0 Å². The van der Waals surface area contributed by atoms with E-state index < -0.39 is 0 Å². The molecule has 0 amide bonds. The van der Waals surface area contributed by atoms with Crippen LogP contribution in [0.25, 0.3) is 0 Å². The maximum absolute atomic E-state index is 4.64. The van der Waals surface area contributed by atoms with Crippen molar-refractivity contribution in [3.8, 4) is 0 Å². The standard InChI is InChI=1S/C13H21N3/c1-2-14-9-4-10-15-13-8-7-11-5-3-6-12(11)16-13/h7-8,14H,2-6,9-10H2,1H3,(H,15,16). The molecule has 1 aliphatic rings. The summed E-state index contributed by atoms with van der Waals surface area (Å²) in [5.41, 5.74) is 2.75. The Bertz CT molecular complexity index is 336. The lowest BCUT2D eigenvalue weighted by molar-refractivity contribution is 0.688. The van der Waals surface area contributed by atoms with Gasteiger partial charge < -0.3 is 10.6 Å². The van der Waals surface area contributed by atoms with Crippen LogP contribution in [0, 0.1) is 0 Å². The highest BCUT2D eigenvalue weighted by atomic mass is 15.0. The molecule has 1 aliphatic carbocycles. The normalized spacial score (nSPS) is 13.8. The molecule has 3 nitrogen and oxygen atoms in total. The van der Waals surface area contributed by atoms with Crippen molar-refractivity contribution >= 4 is 5.82 Å². The third-order valence-electron chi connectivity index (χ3n) is 3.01. The van der Waals surface area contributed by atoms with Crippen molar-refractivity contribution in [3.63, 3.8) is 0 Å². The molecule has 88 valence electrons. The molecular weight excluding hydrogens is 198 g/mol. The lowest BCUT2D eigenvalue weighted by atomic mass is 10.2. The minimum Gasteiger partial charge on any atom is -0.370 e. The molecule has 0 fully saturated rings. The number of nitrogens with zero attached hydrogens (tertiary/aromatic N) is 1. The molecule has 16 heavy (non-hydrogen) atoms. The van der Waals surface area contributed by atoms with Crippen LogP contribution < -0.4 is 10.6 Å². The molecule has 0 bridgehead atoms. The third-order valence-corrected chi connectivity index (χ3v) is 3.01. The van der Waals surface area contributed by atoms with Crippen molar-refractivity contribution in [3.05, 3.63) is 23.4 Å². The van der Waals surface area contributed by atoms with E-state index in [2.05, 4.69) is 34.7 Å². The monoisotopic (exact) mass is 219 g/mol. The molecule has 0 atom stereocenters. The summed E-state index contributed by atoms with van der Waals surface area (Å²) in [4.78, 5) is 4.64. The molecule has 1 aromatic rings.